The van der Waals surface area contributed by atoms with E-state index in [1.54, 1.807) is 0 Å². The highest BCUT2D eigenvalue weighted by molar-refractivity contribution is 8.00. The van der Waals surface area contributed by atoms with Gasteiger partial charge in [-0.05, 0) is 6.42 Å². The standard InChI is InChI=1S/C6H13NO2S2/c1-5-3-6(4-10-5)7-11(2,8)9/h5-7H,3-4H2,1-2H3. The molecule has 1 N–H and O–H groups in total. The minimum absolute atomic E-state index is 0.157. The third-order valence-electron chi connectivity index (χ3n) is 1.58. The topological polar surface area (TPSA) is 46.2 Å². The van der Waals surface area contributed by atoms with Crippen LogP contribution in [0.5, 0.6) is 0 Å². The summed E-state index contributed by atoms with van der Waals surface area (Å²) in [6.45, 7) is 2.12. The second kappa shape index (κ2) is 3.33. The fourth-order valence-electron chi connectivity index (χ4n) is 1.20. The molecule has 1 aliphatic heterocycles. The van der Waals surface area contributed by atoms with Gasteiger partial charge in [0.05, 0.1) is 6.26 Å². The molecule has 11 heavy (non-hydrogen) atoms. The van der Waals surface area contributed by atoms with Crippen molar-refractivity contribution >= 4 is 21.8 Å². The largest absolute Gasteiger partial charge is 0.213 e. The van der Waals surface area contributed by atoms with Crippen molar-refractivity contribution in [2.75, 3.05) is 12.0 Å². The second-order valence-electron chi connectivity index (χ2n) is 2.97. The molecule has 66 valence electrons. The summed E-state index contributed by atoms with van der Waals surface area (Å²) < 4.78 is 24.1. The molecule has 0 bridgehead atoms. The molecule has 0 aromatic heterocycles. The smallest absolute Gasteiger partial charge is 0.208 e. The average Bonchev–Trinajstić information content (AvgIpc) is 2.10. The fraction of sp³-hybridized carbons (Fsp3) is 1.00. The maximum absolute atomic E-state index is 10.8. The molecule has 0 aliphatic carbocycles. The van der Waals surface area contributed by atoms with E-state index in [1.807, 2.05) is 11.8 Å². The molecule has 0 aromatic rings. The SMILES string of the molecule is CC1CC(NS(C)(=O)=O)CS1. The van der Waals surface area contributed by atoms with Gasteiger partial charge in [0, 0.05) is 17.0 Å². The van der Waals surface area contributed by atoms with Crippen molar-refractivity contribution in [3.8, 4) is 0 Å². The van der Waals surface area contributed by atoms with E-state index in [0.29, 0.717) is 5.25 Å². The van der Waals surface area contributed by atoms with Gasteiger partial charge in [-0.25, -0.2) is 13.1 Å². The molecule has 0 radical (unpaired) electrons. The fourth-order valence-corrected chi connectivity index (χ4v) is 3.24. The third kappa shape index (κ3) is 3.44. The van der Waals surface area contributed by atoms with Gasteiger partial charge in [0.1, 0.15) is 0 Å². The Kier molecular flexibility index (Phi) is 2.83. The van der Waals surface area contributed by atoms with Gasteiger partial charge in [-0.2, -0.15) is 11.8 Å². The lowest BCUT2D eigenvalue weighted by molar-refractivity contribution is 0.563. The zero-order valence-electron chi connectivity index (χ0n) is 6.70. The zero-order valence-corrected chi connectivity index (χ0v) is 8.33. The lowest BCUT2D eigenvalue weighted by atomic mass is 10.2. The van der Waals surface area contributed by atoms with Gasteiger partial charge < -0.3 is 0 Å². The van der Waals surface area contributed by atoms with Crippen LogP contribution in [0.1, 0.15) is 13.3 Å². The van der Waals surface area contributed by atoms with Gasteiger partial charge in [-0.15, -0.1) is 0 Å². The Balaban J connectivity index is 2.41. The number of rotatable bonds is 2. The molecule has 0 aromatic carbocycles. The number of hydrogen-bond acceptors (Lipinski definition) is 3. The quantitative estimate of drug-likeness (QED) is 0.695. The van der Waals surface area contributed by atoms with Crippen molar-refractivity contribution in [3.63, 3.8) is 0 Å². The third-order valence-corrected chi connectivity index (χ3v) is 3.70. The Labute approximate surface area is 72.0 Å². The highest BCUT2D eigenvalue weighted by Crippen LogP contribution is 2.25. The molecule has 1 saturated heterocycles. The van der Waals surface area contributed by atoms with Crippen LogP contribution in [0.2, 0.25) is 0 Å². The van der Waals surface area contributed by atoms with E-state index < -0.39 is 10.0 Å². The molecule has 0 amide bonds. The molecule has 1 fully saturated rings. The first-order valence-electron chi connectivity index (χ1n) is 3.56. The minimum atomic E-state index is -2.99. The van der Waals surface area contributed by atoms with Gasteiger partial charge in [-0.3, -0.25) is 0 Å². The first kappa shape index (κ1) is 9.35. The van der Waals surface area contributed by atoms with Gasteiger partial charge >= 0.3 is 0 Å². The molecule has 0 spiro atoms. The van der Waals surface area contributed by atoms with Crippen molar-refractivity contribution in [2.45, 2.75) is 24.6 Å². The highest BCUT2D eigenvalue weighted by atomic mass is 32.2. The van der Waals surface area contributed by atoms with Crippen LogP contribution < -0.4 is 4.72 Å². The summed E-state index contributed by atoms with van der Waals surface area (Å²) in [5.74, 6) is 0.911. The molecular weight excluding hydrogens is 182 g/mol. The van der Waals surface area contributed by atoms with Crippen LogP contribution in [0.25, 0.3) is 0 Å². The van der Waals surface area contributed by atoms with Gasteiger partial charge in [0.25, 0.3) is 0 Å². The molecule has 2 atom stereocenters. The maximum Gasteiger partial charge on any atom is 0.208 e. The van der Waals surface area contributed by atoms with Crippen molar-refractivity contribution in [2.24, 2.45) is 0 Å². The van der Waals surface area contributed by atoms with Gasteiger partial charge in [0.15, 0.2) is 0 Å². The predicted molar refractivity (Wildman–Crippen MR) is 48.3 cm³/mol. The van der Waals surface area contributed by atoms with Crippen LogP contribution in [0.3, 0.4) is 0 Å². The normalized spacial score (nSPS) is 32.5. The summed E-state index contributed by atoms with van der Waals surface area (Å²) in [4.78, 5) is 0. The Morgan fingerprint density at radius 3 is 2.55 bits per heavy atom. The number of nitrogens with one attached hydrogen (secondary N) is 1. The van der Waals surface area contributed by atoms with E-state index in [-0.39, 0.29) is 6.04 Å². The van der Waals surface area contributed by atoms with Crippen molar-refractivity contribution < 1.29 is 8.42 Å². The molecule has 3 nitrogen and oxygen atoms in total. The Morgan fingerprint density at radius 2 is 2.18 bits per heavy atom. The Hall–Kier alpha value is 0.260. The Bertz CT molecular complexity index is 225. The molecule has 2 unspecified atom stereocenters. The Morgan fingerprint density at radius 1 is 1.55 bits per heavy atom. The van der Waals surface area contributed by atoms with Crippen LogP contribution in [-0.2, 0) is 10.0 Å². The van der Waals surface area contributed by atoms with E-state index >= 15 is 0 Å². The second-order valence-corrected chi connectivity index (χ2v) is 6.22. The molecular formula is C6H13NO2S2. The van der Waals surface area contributed by atoms with E-state index in [2.05, 4.69) is 11.6 Å². The maximum atomic E-state index is 10.8. The minimum Gasteiger partial charge on any atom is -0.213 e. The summed E-state index contributed by atoms with van der Waals surface area (Å²) in [6, 6.07) is 0.157. The van der Waals surface area contributed by atoms with E-state index in [1.165, 1.54) is 6.26 Å². The van der Waals surface area contributed by atoms with Crippen molar-refractivity contribution in [3.05, 3.63) is 0 Å². The molecule has 0 saturated carbocycles. The van der Waals surface area contributed by atoms with Crippen LogP contribution in [0.4, 0.5) is 0 Å². The van der Waals surface area contributed by atoms with Crippen LogP contribution in [0, 0.1) is 0 Å². The van der Waals surface area contributed by atoms with E-state index in [4.69, 9.17) is 0 Å². The summed E-state index contributed by atoms with van der Waals surface area (Å²) in [5, 5.41) is 0.592. The van der Waals surface area contributed by atoms with E-state index in [0.717, 1.165) is 12.2 Å². The van der Waals surface area contributed by atoms with Crippen molar-refractivity contribution in [1.82, 2.24) is 4.72 Å². The number of thioether (sulfide) groups is 1. The van der Waals surface area contributed by atoms with Crippen LogP contribution in [-0.4, -0.2) is 31.7 Å². The summed E-state index contributed by atoms with van der Waals surface area (Å²) in [7, 11) is -2.99. The number of sulfonamides is 1. The first-order chi connectivity index (χ1) is 4.97. The zero-order chi connectivity index (χ0) is 8.48. The number of hydrogen-bond donors (Lipinski definition) is 1. The monoisotopic (exact) mass is 195 g/mol. The van der Waals surface area contributed by atoms with Gasteiger partial charge in [0.2, 0.25) is 10.0 Å². The summed E-state index contributed by atoms with van der Waals surface area (Å²) in [5.41, 5.74) is 0. The van der Waals surface area contributed by atoms with Crippen LogP contribution in [0.15, 0.2) is 0 Å². The summed E-state index contributed by atoms with van der Waals surface area (Å²) >= 11 is 1.82. The average molecular weight is 195 g/mol. The van der Waals surface area contributed by atoms with Crippen LogP contribution >= 0.6 is 11.8 Å². The lowest BCUT2D eigenvalue weighted by Gasteiger charge is -2.08. The van der Waals surface area contributed by atoms with E-state index in [9.17, 15) is 8.42 Å². The molecule has 5 heteroatoms. The van der Waals surface area contributed by atoms with Crippen molar-refractivity contribution in [1.29, 1.82) is 0 Å². The first-order valence-corrected chi connectivity index (χ1v) is 6.50. The lowest BCUT2D eigenvalue weighted by Crippen LogP contribution is -2.33. The predicted octanol–water partition coefficient (Wildman–Crippen LogP) is 0.430. The molecule has 1 aliphatic rings. The molecule has 1 rings (SSSR count). The van der Waals surface area contributed by atoms with Gasteiger partial charge in [-0.1, -0.05) is 6.92 Å². The summed E-state index contributed by atoms with van der Waals surface area (Å²) in [6.07, 6.45) is 2.17. The molecule has 1 heterocycles. The highest BCUT2D eigenvalue weighted by Gasteiger charge is 2.23.